The largest absolute Gasteiger partial charge is 0.487 e. The van der Waals surface area contributed by atoms with Gasteiger partial charge in [-0.2, -0.15) is 0 Å². The molecule has 0 saturated carbocycles. The van der Waals surface area contributed by atoms with E-state index in [9.17, 15) is 0 Å². The number of benzene rings is 3. The summed E-state index contributed by atoms with van der Waals surface area (Å²) in [7, 11) is 0. The van der Waals surface area contributed by atoms with Gasteiger partial charge in [-0.15, -0.1) is 0 Å². The molecule has 0 heterocycles. The predicted molar refractivity (Wildman–Crippen MR) is 121 cm³/mol. The number of nitrogens with zero attached hydrogens (tertiary/aromatic N) is 1. The van der Waals surface area contributed by atoms with E-state index in [2.05, 4.69) is 36.9 Å². The maximum atomic E-state index is 6.18. The molecular weight excluding hydrogens is 513 g/mol. The molecule has 0 bridgehead atoms. The third-order valence-electron chi connectivity index (χ3n) is 3.92. The molecule has 3 aromatic rings. The molecule has 0 N–H and O–H groups in total. The molecule has 6 heteroatoms. The topological polar surface area (TPSA) is 21.6 Å². The molecule has 0 fully saturated rings. The van der Waals surface area contributed by atoms with Crippen LogP contribution < -0.4 is 4.74 Å². The van der Waals surface area contributed by atoms with Crippen LogP contribution in [0.1, 0.15) is 16.7 Å². The summed E-state index contributed by atoms with van der Waals surface area (Å²) in [6.07, 6.45) is 1.78. The summed E-state index contributed by atoms with van der Waals surface area (Å²) in [5.41, 5.74) is 3.64. The minimum atomic E-state index is 0.425. The van der Waals surface area contributed by atoms with Crippen LogP contribution in [0.15, 0.2) is 68.5 Å². The highest BCUT2D eigenvalue weighted by Crippen LogP contribution is 2.33. The van der Waals surface area contributed by atoms with Gasteiger partial charge in [0.1, 0.15) is 12.4 Å². The first kappa shape index (κ1) is 20.4. The smallest absolute Gasteiger partial charge is 0.142 e. The fourth-order valence-corrected chi connectivity index (χ4v) is 4.11. The number of ether oxygens (including phenoxy) is 1. The van der Waals surface area contributed by atoms with Crippen molar-refractivity contribution in [3.05, 3.63) is 90.3 Å². The Labute approximate surface area is 185 Å². The number of aliphatic imine (C=N–C) groups is 1. The zero-order valence-electron chi connectivity index (χ0n) is 14.3. The summed E-state index contributed by atoms with van der Waals surface area (Å²) in [5.74, 6) is 0.719. The fraction of sp³-hybridized carbons (Fsp3) is 0.0952. The van der Waals surface area contributed by atoms with Crippen molar-refractivity contribution in [3.8, 4) is 5.75 Å². The Balaban J connectivity index is 1.89. The molecule has 0 spiro atoms. The van der Waals surface area contributed by atoms with Crippen LogP contribution in [0, 0.1) is 6.92 Å². The quantitative estimate of drug-likeness (QED) is 0.307. The zero-order valence-corrected chi connectivity index (χ0v) is 19.0. The second-order valence-electron chi connectivity index (χ2n) is 5.86. The van der Waals surface area contributed by atoms with Gasteiger partial charge >= 0.3 is 0 Å². The van der Waals surface area contributed by atoms with E-state index < -0.39 is 0 Å². The van der Waals surface area contributed by atoms with E-state index in [1.807, 2.05) is 61.5 Å². The molecule has 0 radical (unpaired) electrons. The van der Waals surface area contributed by atoms with Gasteiger partial charge in [-0.05, 0) is 70.4 Å². The summed E-state index contributed by atoms with van der Waals surface area (Å²) in [6.45, 7) is 2.37. The van der Waals surface area contributed by atoms with Crippen LogP contribution in [-0.4, -0.2) is 6.21 Å². The molecular formula is C21H15Br2Cl2NO. The molecule has 3 rings (SSSR count). The Morgan fingerprint density at radius 3 is 2.52 bits per heavy atom. The van der Waals surface area contributed by atoms with Crippen LogP contribution in [-0.2, 0) is 6.61 Å². The van der Waals surface area contributed by atoms with Gasteiger partial charge in [0.05, 0.1) is 10.2 Å². The van der Waals surface area contributed by atoms with Gasteiger partial charge in [0.2, 0.25) is 0 Å². The monoisotopic (exact) mass is 525 g/mol. The lowest BCUT2D eigenvalue weighted by Gasteiger charge is -2.12. The van der Waals surface area contributed by atoms with Crippen molar-refractivity contribution < 1.29 is 4.74 Å². The van der Waals surface area contributed by atoms with E-state index in [0.717, 1.165) is 37.1 Å². The first-order valence-corrected chi connectivity index (χ1v) is 10.4. The first-order chi connectivity index (χ1) is 12.9. The molecule has 138 valence electrons. The molecule has 0 aliphatic carbocycles. The van der Waals surface area contributed by atoms with Crippen LogP contribution in [0.25, 0.3) is 0 Å². The Morgan fingerprint density at radius 2 is 1.78 bits per heavy atom. The summed E-state index contributed by atoms with van der Waals surface area (Å²) in [6, 6.07) is 17.2. The summed E-state index contributed by atoms with van der Waals surface area (Å²) in [4.78, 5) is 4.60. The highest BCUT2D eigenvalue weighted by Gasteiger charge is 2.10. The Bertz CT molecular complexity index is 988. The lowest BCUT2D eigenvalue weighted by Crippen LogP contribution is -1.99. The predicted octanol–water partition coefficient (Wildman–Crippen LogP) is 8.16. The minimum Gasteiger partial charge on any atom is -0.487 e. The van der Waals surface area contributed by atoms with Gasteiger partial charge in [-0.3, -0.25) is 4.99 Å². The number of rotatable bonds is 5. The number of hydrogen-bond acceptors (Lipinski definition) is 2. The van der Waals surface area contributed by atoms with Gasteiger partial charge in [0.25, 0.3) is 0 Å². The molecule has 27 heavy (non-hydrogen) atoms. The van der Waals surface area contributed by atoms with E-state index >= 15 is 0 Å². The second-order valence-corrected chi connectivity index (χ2v) is 8.48. The van der Waals surface area contributed by atoms with E-state index in [4.69, 9.17) is 27.9 Å². The zero-order chi connectivity index (χ0) is 19.4. The average Bonchev–Trinajstić information content (AvgIpc) is 2.63. The third kappa shape index (κ3) is 5.35. The summed E-state index contributed by atoms with van der Waals surface area (Å²) in [5, 5.41) is 1.40. The van der Waals surface area contributed by atoms with Crippen molar-refractivity contribution in [2.45, 2.75) is 13.5 Å². The number of hydrogen-bond donors (Lipinski definition) is 0. The van der Waals surface area contributed by atoms with Crippen molar-refractivity contribution in [3.63, 3.8) is 0 Å². The van der Waals surface area contributed by atoms with Crippen LogP contribution in [0.3, 0.4) is 0 Å². The molecule has 0 aromatic heterocycles. The molecule has 2 nitrogen and oxygen atoms in total. The van der Waals surface area contributed by atoms with E-state index in [1.54, 1.807) is 6.21 Å². The minimum absolute atomic E-state index is 0.425. The molecule has 3 aromatic carbocycles. The maximum absolute atomic E-state index is 6.18. The molecule has 0 amide bonds. The maximum Gasteiger partial charge on any atom is 0.142 e. The van der Waals surface area contributed by atoms with E-state index in [0.29, 0.717) is 16.7 Å². The average molecular weight is 528 g/mol. The Kier molecular flexibility index (Phi) is 6.99. The van der Waals surface area contributed by atoms with Gasteiger partial charge < -0.3 is 4.74 Å². The molecule has 0 aliphatic heterocycles. The van der Waals surface area contributed by atoms with Gasteiger partial charge in [-0.25, -0.2) is 0 Å². The molecule has 0 unspecified atom stereocenters. The van der Waals surface area contributed by atoms with Crippen molar-refractivity contribution in [1.29, 1.82) is 0 Å². The second kappa shape index (κ2) is 9.24. The van der Waals surface area contributed by atoms with Gasteiger partial charge in [0, 0.05) is 26.3 Å². The van der Waals surface area contributed by atoms with Crippen molar-refractivity contribution in [2.75, 3.05) is 0 Å². The first-order valence-electron chi connectivity index (χ1n) is 8.09. The van der Waals surface area contributed by atoms with Crippen molar-refractivity contribution in [1.82, 2.24) is 0 Å². The Morgan fingerprint density at radius 1 is 1.04 bits per heavy atom. The van der Waals surface area contributed by atoms with Crippen LogP contribution in [0.4, 0.5) is 5.69 Å². The lowest BCUT2D eigenvalue weighted by molar-refractivity contribution is 0.304. The van der Waals surface area contributed by atoms with Crippen molar-refractivity contribution in [2.24, 2.45) is 4.99 Å². The highest BCUT2D eigenvalue weighted by atomic mass is 79.9. The van der Waals surface area contributed by atoms with Gasteiger partial charge in [0.15, 0.2) is 0 Å². The lowest BCUT2D eigenvalue weighted by atomic mass is 10.2. The number of halogens is 4. The summed E-state index contributed by atoms with van der Waals surface area (Å²) >= 11 is 19.2. The van der Waals surface area contributed by atoms with Crippen molar-refractivity contribution >= 4 is 67.0 Å². The normalized spacial score (nSPS) is 11.1. The highest BCUT2D eigenvalue weighted by molar-refractivity contribution is 9.11. The van der Waals surface area contributed by atoms with Gasteiger partial charge in [-0.1, -0.05) is 57.3 Å². The van der Waals surface area contributed by atoms with E-state index in [-0.39, 0.29) is 0 Å². The van der Waals surface area contributed by atoms with Crippen LogP contribution in [0.2, 0.25) is 10.0 Å². The summed E-state index contributed by atoms with van der Waals surface area (Å²) < 4.78 is 7.83. The van der Waals surface area contributed by atoms with Crippen LogP contribution >= 0.6 is 55.1 Å². The Hall–Kier alpha value is -1.33. The van der Waals surface area contributed by atoms with Crippen LogP contribution in [0.5, 0.6) is 5.75 Å². The van der Waals surface area contributed by atoms with E-state index in [1.165, 1.54) is 0 Å². The standard InChI is InChI=1S/C21H15Br2Cl2NO/c1-13-19(25)3-2-4-20(13)26-11-15-9-16(22)10-18(23)21(15)27-12-14-5-7-17(24)8-6-14/h2-11H,12H2,1H3. The fourth-order valence-electron chi connectivity index (χ4n) is 2.44. The molecule has 0 aliphatic rings. The SMILES string of the molecule is Cc1c(Cl)cccc1N=Cc1cc(Br)cc(Br)c1OCc1ccc(Cl)cc1. The molecule has 0 saturated heterocycles. The molecule has 0 atom stereocenters. The third-order valence-corrected chi connectivity index (χ3v) is 5.62.